The Balaban J connectivity index is 1.81. The molecule has 9 heteroatoms. The third-order valence-electron chi connectivity index (χ3n) is 5.06. The van der Waals surface area contributed by atoms with Crippen molar-refractivity contribution in [2.24, 2.45) is 11.8 Å². The molecular weight excluding hydrogens is 356 g/mol. The van der Waals surface area contributed by atoms with Crippen LogP contribution in [0, 0.1) is 17.7 Å². The molecule has 2 heterocycles. The first kappa shape index (κ1) is 18.6. The number of hydrogen-bond donors (Lipinski definition) is 1. The second kappa shape index (κ2) is 6.86. The summed E-state index contributed by atoms with van der Waals surface area (Å²) < 4.78 is 52.9. The molecule has 0 spiro atoms. The van der Waals surface area contributed by atoms with Gasteiger partial charge in [0.15, 0.2) is 0 Å². The second-order valence-corrected chi connectivity index (χ2v) is 6.67. The molecule has 1 amide bonds. The smallest absolute Gasteiger partial charge is 0.393 e. The predicted molar refractivity (Wildman–Crippen MR) is 84.0 cm³/mol. The lowest BCUT2D eigenvalue weighted by molar-refractivity contribution is -0.188. The Labute approximate surface area is 147 Å². The average Bonchev–Trinajstić information content (AvgIpc) is 3.01. The molecule has 2 fully saturated rings. The molecule has 0 aromatic heterocycles. The number of carbonyl (C=O) groups is 2. The Hall–Kier alpha value is -2.16. The normalized spacial score (nSPS) is 27.8. The molecule has 142 valence electrons. The van der Waals surface area contributed by atoms with E-state index < -0.39 is 48.3 Å². The zero-order valence-corrected chi connectivity index (χ0v) is 13.7. The first-order chi connectivity index (χ1) is 12.2. The molecule has 0 saturated carbocycles. The van der Waals surface area contributed by atoms with Gasteiger partial charge in [0.2, 0.25) is 5.91 Å². The fraction of sp³-hybridized carbons (Fsp3) is 0.529. The third-order valence-corrected chi connectivity index (χ3v) is 5.06. The summed E-state index contributed by atoms with van der Waals surface area (Å²) in [4.78, 5) is 26.7. The Morgan fingerprint density at radius 3 is 2.54 bits per heavy atom. The van der Waals surface area contributed by atoms with Gasteiger partial charge in [-0.1, -0.05) is 6.07 Å². The Bertz CT molecular complexity index is 709. The minimum atomic E-state index is -4.64. The van der Waals surface area contributed by atoms with Gasteiger partial charge in [0.05, 0.1) is 17.9 Å². The lowest BCUT2D eigenvalue weighted by Gasteiger charge is -2.37. The molecule has 2 aliphatic heterocycles. The molecule has 1 aromatic rings. The van der Waals surface area contributed by atoms with Gasteiger partial charge >= 0.3 is 12.1 Å². The van der Waals surface area contributed by atoms with Crippen LogP contribution in [0.25, 0.3) is 0 Å². The van der Waals surface area contributed by atoms with Crippen LogP contribution in [0.1, 0.15) is 12.8 Å². The topological polar surface area (TPSA) is 60.9 Å². The van der Waals surface area contributed by atoms with Crippen LogP contribution in [-0.2, 0) is 9.59 Å². The Morgan fingerprint density at radius 1 is 1.23 bits per heavy atom. The fourth-order valence-corrected chi connectivity index (χ4v) is 3.77. The van der Waals surface area contributed by atoms with Crippen LogP contribution in [-0.4, -0.2) is 53.7 Å². The van der Waals surface area contributed by atoms with Crippen LogP contribution in [0.3, 0.4) is 0 Å². The maximum absolute atomic E-state index is 13.4. The molecular formula is C17H18F4N2O3. The standard InChI is InChI=1S/C17H18F4N2O3/c18-10-3-1-4-11(7-10)23-6-2-5-14(15(23)24)22-8-12(16(25)26)13(9-22)17(19,20)21/h1,3-4,7,12-14H,2,5-6,8-9H2,(H,25,26)/t12-,13-,14?/m1/s1. The lowest BCUT2D eigenvalue weighted by Crippen LogP contribution is -2.52. The number of amides is 1. The highest BCUT2D eigenvalue weighted by molar-refractivity contribution is 5.98. The summed E-state index contributed by atoms with van der Waals surface area (Å²) in [5, 5.41) is 9.13. The van der Waals surface area contributed by atoms with E-state index in [2.05, 4.69) is 0 Å². The number of halogens is 4. The molecule has 26 heavy (non-hydrogen) atoms. The molecule has 3 atom stereocenters. The highest BCUT2D eigenvalue weighted by atomic mass is 19.4. The van der Waals surface area contributed by atoms with E-state index in [0.29, 0.717) is 25.1 Å². The van der Waals surface area contributed by atoms with Crippen molar-refractivity contribution in [3.8, 4) is 0 Å². The van der Waals surface area contributed by atoms with E-state index in [1.54, 1.807) is 6.07 Å². The van der Waals surface area contributed by atoms with E-state index in [0.717, 1.165) is 0 Å². The van der Waals surface area contributed by atoms with E-state index in [-0.39, 0.29) is 6.54 Å². The Kier molecular flexibility index (Phi) is 4.92. The van der Waals surface area contributed by atoms with E-state index in [4.69, 9.17) is 5.11 Å². The van der Waals surface area contributed by atoms with Gasteiger partial charge in [-0.15, -0.1) is 0 Å². The maximum Gasteiger partial charge on any atom is 0.393 e. The van der Waals surface area contributed by atoms with Gasteiger partial charge in [-0.2, -0.15) is 13.2 Å². The third kappa shape index (κ3) is 3.53. The number of rotatable bonds is 3. The predicted octanol–water partition coefficient (Wildman–Crippen LogP) is 2.52. The minimum absolute atomic E-state index is 0.326. The molecule has 0 bridgehead atoms. The maximum atomic E-state index is 13.4. The van der Waals surface area contributed by atoms with E-state index >= 15 is 0 Å². The van der Waals surface area contributed by atoms with Crippen molar-refractivity contribution in [1.29, 1.82) is 0 Å². The van der Waals surface area contributed by atoms with Gasteiger partial charge in [-0.05, 0) is 31.0 Å². The number of likely N-dealkylation sites (tertiary alicyclic amines) is 1. The number of alkyl halides is 3. The van der Waals surface area contributed by atoms with Crippen LogP contribution in [0.5, 0.6) is 0 Å². The first-order valence-corrected chi connectivity index (χ1v) is 8.29. The van der Waals surface area contributed by atoms with Crippen molar-refractivity contribution in [2.45, 2.75) is 25.1 Å². The number of benzene rings is 1. The molecule has 2 aliphatic rings. The van der Waals surface area contributed by atoms with Gasteiger partial charge < -0.3 is 10.0 Å². The van der Waals surface area contributed by atoms with Crippen LogP contribution < -0.4 is 4.90 Å². The van der Waals surface area contributed by atoms with Gasteiger partial charge in [-0.25, -0.2) is 4.39 Å². The largest absolute Gasteiger partial charge is 0.481 e. The quantitative estimate of drug-likeness (QED) is 0.826. The molecule has 3 rings (SSSR count). The molecule has 1 aromatic carbocycles. The van der Waals surface area contributed by atoms with Crippen molar-refractivity contribution < 1.29 is 32.3 Å². The van der Waals surface area contributed by atoms with Crippen LogP contribution in [0.4, 0.5) is 23.2 Å². The molecule has 1 unspecified atom stereocenters. The van der Waals surface area contributed by atoms with Gasteiger partial charge in [-0.3, -0.25) is 14.5 Å². The van der Waals surface area contributed by atoms with E-state index in [9.17, 15) is 27.2 Å². The number of carboxylic acid groups (broad SMARTS) is 1. The second-order valence-electron chi connectivity index (χ2n) is 6.67. The van der Waals surface area contributed by atoms with Gasteiger partial charge in [0, 0.05) is 25.3 Å². The van der Waals surface area contributed by atoms with Crippen molar-refractivity contribution in [2.75, 3.05) is 24.5 Å². The zero-order valence-electron chi connectivity index (χ0n) is 13.7. The summed E-state index contributed by atoms with van der Waals surface area (Å²) in [6.45, 7) is -0.502. The fourth-order valence-electron chi connectivity index (χ4n) is 3.77. The summed E-state index contributed by atoms with van der Waals surface area (Å²) in [6.07, 6.45) is -3.75. The number of aliphatic carboxylic acids is 1. The van der Waals surface area contributed by atoms with Crippen molar-refractivity contribution in [3.05, 3.63) is 30.1 Å². The number of carboxylic acids is 1. The molecule has 5 nitrogen and oxygen atoms in total. The minimum Gasteiger partial charge on any atom is -0.481 e. The summed E-state index contributed by atoms with van der Waals surface area (Å²) in [6, 6.07) is 4.62. The summed E-state index contributed by atoms with van der Waals surface area (Å²) in [7, 11) is 0. The van der Waals surface area contributed by atoms with Crippen LogP contribution in [0.15, 0.2) is 24.3 Å². The molecule has 2 saturated heterocycles. The van der Waals surface area contributed by atoms with Gasteiger partial charge in [0.25, 0.3) is 0 Å². The van der Waals surface area contributed by atoms with Crippen LogP contribution in [0.2, 0.25) is 0 Å². The number of hydrogen-bond acceptors (Lipinski definition) is 3. The SMILES string of the molecule is O=C(O)[C@@H]1CN(C2CCCN(c3cccc(F)c3)C2=O)C[C@H]1C(F)(F)F. The number of piperidine rings is 1. The van der Waals surface area contributed by atoms with Crippen molar-refractivity contribution in [1.82, 2.24) is 4.90 Å². The Morgan fingerprint density at radius 2 is 1.96 bits per heavy atom. The van der Waals surface area contributed by atoms with E-state index in [1.165, 1.54) is 28.0 Å². The summed E-state index contributed by atoms with van der Waals surface area (Å²) in [5.41, 5.74) is 0.348. The molecule has 0 aliphatic carbocycles. The number of nitrogens with zero attached hydrogens (tertiary/aromatic N) is 2. The van der Waals surface area contributed by atoms with E-state index in [1.807, 2.05) is 0 Å². The zero-order chi connectivity index (χ0) is 19.1. The van der Waals surface area contributed by atoms with Gasteiger partial charge in [0.1, 0.15) is 5.82 Å². The van der Waals surface area contributed by atoms with Crippen molar-refractivity contribution in [3.63, 3.8) is 0 Å². The highest BCUT2D eigenvalue weighted by Gasteiger charge is 2.54. The first-order valence-electron chi connectivity index (χ1n) is 8.29. The molecule has 0 radical (unpaired) electrons. The van der Waals surface area contributed by atoms with Crippen LogP contribution >= 0.6 is 0 Å². The lowest BCUT2D eigenvalue weighted by atomic mass is 9.96. The summed E-state index contributed by atoms with van der Waals surface area (Å²) >= 11 is 0. The highest BCUT2D eigenvalue weighted by Crippen LogP contribution is 2.39. The molecule has 1 N–H and O–H groups in total. The number of carbonyl (C=O) groups excluding carboxylic acids is 1. The average molecular weight is 374 g/mol. The summed E-state index contributed by atoms with van der Waals surface area (Å²) in [5.74, 6) is -6.04. The van der Waals surface area contributed by atoms with Crippen molar-refractivity contribution >= 4 is 17.6 Å². The number of anilines is 1. The monoisotopic (exact) mass is 374 g/mol.